The monoisotopic (exact) mass is 430 g/mol. The highest BCUT2D eigenvalue weighted by atomic mass is 32.1. The normalized spacial score (nSPS) is 14.0. The minimum Gasteiger partial charge on any atom is -0.360 e. The molecule has 154 valence electrons. The number of rotatable bonds is 6. The second-order valence-corrected chi connectivity index (χ2v) is 8.33. The lowest BCUT2D eigenvalue weighted by molar-refractivity contribution is -0.221. The van der Waals surface area contributed by atoms with E-state index in [0.717, 1.165) is 39.5 Å². The van der Waals surface area contributed by atoms with Gasteiger partial charge in [0.25, 0.3) is 11.7 Å². The Balaban J connectivity index is 1.54. The average molecular weight is 431 g/mol. The number of nitrogens with one attached hydrogen (secondary N) is 2. The molecule has 0 radical (unpaired) electrons. The molecule has 0 aliphatic heterocycles. The number of pyridine rings is 1. The molecule has 0 saturated heterocycles. The van der Waals surface area contributed by atoms with Crippen LogP contribution in [0.1, 0.15) is 28.8 Å². The second kappa shape index (κ2) is 7.77. The minimum absolute atomic E-state index is 0.0528. The van der Waals surface area contributed by atoms with Gasteiger partial charge in [-0.15, -0.1) is 11.3 Å². The van der Waals surface area contributed by atoms with Crippen molar-refractivity contribution in [3.8, 4) is 0 Å². The van der Waals surface area contributed by atoms with Gasteiger partial charge in [-0.2, -0.15) is 5.53 Å². The Morgan fingerprint density at radius 2 is 2.00 bits per heavy atom. The van der Waals surface area contributed by atoms with Gasteiger partial charge in [0.1, 0.15) is 11.0 Å². The fraction of sp³-hybridized carbons (Fsp3) is 0.136. The van der Waals surface area contributed by atoms with E-state index >= 15 is 0 Å². The first kappa shape index (κ1) is 19.1. The lowest BCUT2D eigenvalue weighted by Crippen LogP contribution is -2.25. The molecule has 0 spiro atoms. The van der Waals surface area contributed by atoms with E-state index < -0.39 is 0 Å². The molecule has 1 amide bonds. The van der Waals surface area contributed by atoms with E-state index in [4.69, 9.17) is 16.2 Å². The summed E-state index contributed by atoms with van der Waals surface area (Å²) >= 11 is 1.64. The van der Waals surface area contributed by atoms with E-state index in [1.807, 2.05) is 53.9 Å². The molecular weight excluding hydrogens is 410 g/mol. The molecule has 1 aliphatic rings. The fourth-order valence-corrected chi connectivity index (χ4v) is 4.38. The van der Waals surface area contributed by atoms with Crippen molar-refractivity contribution in [2.45, 2.75) is 18.9 Å². The maximum atomic E-state index is 12.4. The van der Waals surface area contributed by atoms with Crippen LogP contribution < -0.4 is 21.9 Å². The molecule has 9 heteroatoms. The van der Waals surface area contributed by atoms with Gasteiger partial charge in [-0.3, -0.25) is 4.79 Å². The van der Waals surface area contributed by atoms with Gasteiger partial charge in [-0.05, 0) is 54.6 Å². The first-order valence-electron chi connectivity index (χ1n) is 9.85. The number of nitrogens with two attached hydrogens (primary N) is 2. The van der Waals surface area contributed by atoms with Gasteiger partial charge in [0.15, 0.2) is 0 Å². The maximum absolute atomic E-state index is 12.4. The third-order valence-electron chi connectivity index (χ3n) is 5.16. The first-order chi connectivity index (χ1) is 15.1. The summed E-state index contributed by atoms with van der Waals surface area (Å²) < 4.78 is 1.11. The zero-order chi connectivity index (χ0) is 21.4. The zero-order valence-corrected chi connectivity index (χ0v) is 17.3. The number of carbonyl (C=O) groups is 1. The molecule has 0 unspecified atom stereocenters. The number of aromatic nitrogens is 1. The molecule has 2 heterocycles. The molecule has 6 N–H and O–H groups in total. The highest BCUT2D eigenvalue weighted by Crippen LogP contribution is 2.35. The summed E-state index contributed by atoms with van der Waals surface area (Å²) in [5.74, 6) is 0.879. The largest absolute Gasteiger partial charge is 0.360 e. The molecule has 4 aromatic rings. The van der Waals surface area contributed by atoms with Crippen LogP contribution in [-0.4, -0.2) is 22.8 Å². The predicted molar refractivity (Wildman–Crippen MR) is 122 cm³/mol. The van der Waals surface area contributed by atoms with E-state index in [2.05, 4.69) is 21.0 Å². The van der Waals surface area contributed by atoms with Crippen molar-refractivity contribution < 1.29 is 10.3 Å². The topological polar surface area (TPSA) is 130 Å². The fourth-order valence-electron chi connectivity index (χ4n) is 3.45. The van der Waals surface area contributed by atoms with Crippen molar-refractivity contribution in [1.82, 2.24) is 10.3 Å². The number of fused-ring (bicyclic) bond motifs is 3. The van der Waals surface area contributed by atoms with E-state index in [0.29, 0.717) is 23.0 Å². The summed E-state index contributed by atoms with van der Waals surface area (Å²) in [5, 5.41) is 17.4. The average Bonchev–Trinajstić information content (AvgIpc) is 3.44. The number of carbonyl (C=O) groups excluding carboxylic acids is 1. The van der Waals surface area contributed by atoms with Crippen molar-refractivity contribution in [3.63, 3.8) is 0 Å². The van der Waals surface area contributed by atoms with Crippen LogP contribution in [0.25, 0.3) is 21.0 Å². The molecule has 1 fully saturated rings. The van der Waals surface area contributed by atoms with Crippen molar-refractivity contribution >= 4 is 55.6 Å². The Hall–Kier alpha value is -3.85. The summed E-state index contributed by atoms with van der Waals surface area (Å²) in [6, 6.07) is 15.5. The van der Waals surface area contributed by atoms with Crippen molar-refractivity contribution in [2.24, 2.45) is 16.1 Å². The van der Waals surface area contributed by atoms with Crippen LogP contribution in [0.4, 0.5) is 11.5 Å². The Morgan fingerprint density at radius 3 is 2.81 bits per heavy atom. The van der Waals surface area contributed by atoms with Crippen molar-refractivity contribution in [3.05, 3.63) is 65.0 Å². The number of anilines is 2. The number of nitrogens with zero attached hydrogens (tertiary/aromatic N) is 3. The summed E-state index contributed by atoms with van der Waals surface area (Å²) in [6.45, 7) is 0. The van der Waals surface area contributed by atoms with Crippen LogP contribution in [0.3, 0.4) is 0 Å². The Kier molecular flexibility index (Phi) is 4.79. The van der Waals surface area contributed by atoms with Gasteiger partial charge < -0.3 is 16.4 Å². The first-order valence-corrected chi connectivity index (χ1v) is 10.7. The molecular formula is C22H20N7OS+. The third-order valence-corrected chi connectivity index (χ3v) is 6.10. The summed E-state index contributed by atoms with van der Waals surface area (Å²) in [4.78, 5) is 17.2. The van der Waals surface area contributed by atoms with Gasteiger partial charge in [-0.25, -0.2) is 4.98 Å². The summed E-state index contributed by atoms with van der Waals surface area (Å²) in [5.41, 5.74) is 13.9. The van der Waals surface area contributed by atoms with Crippen LogP contribution in [0.15, 0.2) is 64.2 Å². The Labute approximate surface area is 181 Å². The SMILES string of the molecule is N/C(=N\N=[NH2+])c1ccc2c(c1)nc(Nc1cccc(C(=O)NC3CC3)c1)c1ccsc12. The lowest BCUT2D eigenvalue weighted by Gasteiger charge is -2.11. The molecule has 8 nitrogen and oxygen atoms in total. The lowest BCUT2D eigenvalue weighted by atomic mass is 10.1. The molecule has 1 aliphatic carbocycles. The summed E-state index contributed by atoms with van der Waals surface area (Å²) in [7, 11) is 0. The van der Waals surface area contributed by atoms with Crippen molar-refractivity contribution in [2.75, 3.05) is 5.32 Å². The van der Waals surface area contributed by atoms with Gasteiger partial charge in [0, 0.05) is 38.3 Å². The third kappa shape index (κ3) is 3.82. The van der Waals surface area contributed by atoms with Gasteiger partial charge in [-0.1, -0.05) is 12.1 Å². The van der Waals surface area contributed by atoms with Gasteiger partial charge >= 0.3 is 0 Å². The smallest absolute Gasteiger partial charge is 0.273 e. The van der Waals surface area contributed by atoms with Crippen LogP contribution >= 0.6 is 11.3 Å². The van der Waals surface area contributed by atoms with Crippen LogP contribution in [0.5, 0.6) is 0 Å². The van der Waals surface area contributed by atoms with E-state index in [1.165, 1.54) is 0 Å². The highest BCUT2D eigenvalue weighted by molar-refractivity contribution is 7.18. The molecule has 31 heavy (non-hydrogen) atoms. The van der Waals surface area contributed by atoms with Gasteiger partial charge in [0.2, 0.25) is 0 Å². The molecule has 2 aromatic carbocycles. The quantitative estimate of drug-likeness (QED) is 0.162. The van der Waals surface area contributed by atoms with E-state index in [1.54, 1.807) is 11.3 Å². The van der Waals surface area contributed by atoms with Crippen LogP contribution in [0.2, 0.25) is 0 Å². The number of hydrogen-bond donors (Lipinski definition) is 4. The molecule has 5 rings (SSSR count). The number of hydrogen-bond acceptors (Lipinski definition) is 5. The standard InChI is InChI=1S/C22H19N7OS/c23-20(28-29-24)12-4-7-16-18(11-12)27-21(17-8-9-31-19(16)17)25-15-3-1-2-13(10-15)22(30)26-14-5-6-14/h1-4,7-11,14H,5-6H2,(H,25,27)(H,26,30)(H3,23,24,28)/p+1. The maximum Gasteiger partial charge on any atom is 0.273 e. The number of amidine groups is 1. The Bertz CT molecular complexity index is 1360. The van der Waals surface area contributed by atoms with Crippen LogP contribution in [0, 0.1) is 0 Å². The van der Waals surface area contributed by atoms with Gasteiger partial charge in [0.05, 0.1) is 10.6 Å². The van der Waals surface area contributed by atoms with E-state index in [-0.39, 0.29) is 11.7 Å². The summed E-state index contributed by atoms with van der Waals surface area (Å²) in [6.07, 6.45) is 2.11. The molecule has 0 atom stereocenters. The molecule has 1 saturated carbocycles. The predicted octanol–water partition coefficient (Wildman–Crippen LogP) is 2.92. The highest BCUT2D eigenvalue weighted by Gasteiger charge is 2.23. The molecule has 2 aromatic heterocycles. The molecule has 0 bridgehead atoms. The number of benzene rings is 2. The van der Waals surface area contributed by atoms with Crippen molar-refractivity contribution in [1.29, 1.82) is 0 Å². The van der Waals surface area contributed by atoms with E-state index in [9.17, 15) is 4.79 Å². The minimum atomic E-state index is -0.0528. The second-order valence-electron chi connectivity index (χ2n) is 7.41. The number of thiophene rings is 1. The number of amides is 1. The Morgan fingerprint density at radius 1 is 1.13 bits per heavy atom. The van der Waals surface area contributed by atoms with Crippen LogP contribution in [-0.2, 0) is 0 Å². The zero-order valence-electron chi connectivity index (χ0n) is 16.5.